The lowest BCUT2D eigenvalue weighted by molar-refractivity contribution is -0.140. The van der Waals surface area contributed by atoms with Crippen molar-refractivity contribution in [2.45, 2.75) is 37.9 Å². The van der Waals surface area contributed by atoms with Gasteiger partial charge in [-0.2, -0.15) is 18.2 Å². The van der Waals surface area contributed by atoms with Gasteiger partial charge in [0.25, 0.3) is 0 Å². The summed E-state index contributed by atoms with van der Waals surface area (Å²) in [5.41, 5.74) is -0.286. The summed E-state index contributed by atoms with van der Waals surface area (Å²) in [4.78, 5) is 28.1. The van der Waals surface area contributed by atoms with Crippen molar-refractivity contribution < 1.29 is 27.1 Å². The number of piperidine rings is 1. The van der Waals surface area contributed by atoms with E-state index in [0.29, 0.717) is 35.1 Å². The van der Waals surface area contributed by atoms with Gasteiger partial charge < -0.3 is 15.0 Å². The molecule has 12 heteroatoms. The number of benzene rings is 2. The molecule has 6 rings (SSSR count). The molecule has 1 aliphatic heterocycles. The summed E-state index contributed by atoms with van der Waals surface area (Å²) in [6.45, 7) is 1.29. The number of carbonyl (C=O) groups is 1. The van der Waals surface area contributed by atoms with Gasteiger partial charge in [-0.15, -0.1) is 0 Å². The molecule has 1 aliphatic carbocycles. The molecule has 4 aromatic rings. The Hall–Kier alpha value is -4.22. The Morgan fingerprint density at radius 3 is 2.65 bits per heavy atom. The van der Waals surface area contributed by atoms with Crippen molar-refractivity contribution in [1.29, 1.82) is 0 Å². The predicted molar refractivity (Wildman–Crippen MR) is 140 cm³/mol. The smallest absolute Gasteiger partial charge is 0.419 e. The van der Waals surface area contributed by atoms with E-state index in [1.165, 1.54) is 13.2 Å². The number of ether oxygens (including phenoxy) is 1. The van der Waals surface area contributed by atoms with Gasteiger partial charge in [0, 0.05) is 42.9 Å². The van der Waals surface area contributed by atoms with Crippen molar-refractivity contribution in [3.05, 3.63) is 60.0 Å². The molecule has 2 fully saturated rings. The maximum Gasteiger partial charge on any atom is 0.419 e. The number of alkyl halides is 3. The third-order valence-corrected chi connectivity index (χ3v) is 7.25. The van der Waals surface area contributed by atoms with Gasteiger partial charge in [-0.3, -0.25) is 9.36 Å². The molecule has 3 heterocycles. The Morgan fingerprint density at radius 2 is 1.90 bits per heavy atom. The van der Waals surface area contributed by atoms with Crippen LogP contribution in [0.5, 0.6) is 5.75 Å². The lowest BCUT2D eigenvalue weighted by Gasteiger charge is -2.33. The van der Waals surface area contributed by atoms with Gasteiger partial charge >= 0.3 is 6.18 Å². The number of methoxy groups -OCH3 is 1. The Labute approximate surface area is 227 Å². The second kappa shape index (κ2) is 10.1. The standard InChI is InChI=1S/C28H26F4N6O2/c1-40-19-7-9-22-23(14-19)38(25(35-22)17-6-8-21(29)20(13-17)28(30,31)32)24-10-11-33-27(36-24)34-18-3-2-12-37(15-18)26(39)16-4-5-16/h6-11,13-14,16,18H,2-5,12,15H2,1H3,(H,33,34,36)/t18-/m0/s1. The molecule has 0 spiro atoms. The number of likely N-dealkylation sites (tertiary alicyclic amines) is 1. The zero-order chi connectivity index (χ0) is 28.0. The first-order chi connectivity index (χ1) is 19.2. The van der Waals surface area contributed by atoms with Gasteiger partial charge in [-0.25, -0.2) is 14.4 Å². The van der Waals surface area contributed by atoms with Crippen LogP contribution in [0.2, 0.25) is 0 Å². The molecule has 40 heavy (non-hydrogen) atoms. The molecule has 0 bridgehead atoms. The third-order valence-electron chi connectivity index (χ3n) is 7.25. The highest BCUT2D eigenvalue weighted by molar-refractivity contribution is 5.84. The minimum Gasteiger partial charge on any atom is -0.497 e. The van der Waals surface area contributed by atoms with E-state index in [9.17, 15) is 22.4 Å². The van der Waals surface area contributed by atoms with Gasteiger partial charge in [0.05, 0.1) is 23.7 Å². The Bertz CT molecular complexity index is 1580. The van der Waals surface area contributed by atoms with Crippen molar-refractivity contribution >= 4 is 22.9 Å². The highest BCUT2D eigenvalue weighted by Gasteiger charge is 2.36. The van der Waals surface area contributed by atoms with Gasteiger partial charge in [-0.1, -0.05) is 0 Å². The summed E-state index contributed by atoms with van der Waals surface area (Å²) in [5, 5.41) is 3.32. The lowest BCUT2D eigenvalue weighted by atomic mass is 10.1. The molecule has 0 unspecified atom stereocenters. The average Bonchev–Trinajstić information content (AvgIpc) is 3.72. The van der Waals surface area contributed by atoms with Crippen molar-refractivity contribution in [3.8, 4) is 23.0 Å². The van der Waals surface area contributed by atoms with Crippen LogP contribution in [0.4, 0.5) is 23.5 Å². The van der Waals surface area contributed by atoms with Crippen molar-refractivity contribution in [2.75, 3.05) is 25.5 Å². The summed E-state index contributed by atoms with van der Waals surface area (Å²) in [6.07, 6.45) is 0.265. The quantitative estimate of drug-likeness (QED) is 0.319. The van der Waals surface area contributed by atoms with Crippen LogP contribution >= 0.6 is 0 Å². The molecule has 2 aromatic carbocycles. The molecular weight excluding hydrogens is 528 g/mol. The largest absolute Gasteiger partial charge is 0.497 e. The van der Waals surface area contributed by atoms with Crippen molar-refractivity contribution in [1.82, 2.24) is 24.4 Å². The Balaban J connectivity index is 1.39. The number of hydrogen-bond acceptors (Lipinski definition) is 6. The molecule has 8 nitrogen and oxygen atoms in total. The normalized spacial score (nSPS) is 17.7. The van der Waals surface area contributed by atoms with Crippen LogP contribution in [0, 0.1) is 11.7 Å². The van der Waals surface area contributed by atoms with Crippen LogP contribution in [-0.4, -0.2) is 56.6 Å². The summed E-state index contributed by atoms with van der Waals surface area (Å²) < 4.78 is 61.7. The average molecular weight is 555 g/mol. The van der Waals surface area contributed by atoms with Crippen LogP contribution in [0.15, 0.2) is 48.7 Å². The van der Waals surface area contributed by atoms with Crippen molar-refractivity contribution in [3.63, 3.8) is 0 Å². The number of rotatable bonds is 6. The number of hydrogen-bond donors (Lipinski definition) is 1. The van der Waals surface area contributed by atoms with E-state index in [1.54, 1.807) is 35.0 Å². The van der Waals surface area contributed by atoms with Crippen LogP contribution in [0.25, 0.3) is 28.2 Å². The van der Waals surface area contributed by atoms with E-state index >= 15 is 0 Å². The van der Waals surface area contributed by atoms with E-state index in [4.69, 9.17) is 4.74 Å². The number of aromatic nitrogens is 4. The van der Waals surface area contributed by atoms with Crippen LogP contribution in [-0.2, 0) is 11.0 Å². The lowest BCUT2D eigenvalue weighted by Crippen LogP contribution is -2.45. The number of carbonyl (C=O) groups excluding carboxylic acids is 1. The summed E-state index contributed by atoms with van der Waals surface area (Å²) in [7, 11) is 1.51. The minimum absolute atomic E-state index is 0.0442. The van der Waals surface area contributed by atoms with E-state index in [-0.39, 0.29) is 29.3 Å². The minimum atomic E-state index is -4.87. The molecule has 1 amide bonds. The van der Waals surface area contributed by atoms with E-state index in [2.05, 4.69) is 20.3 Å². The Kier molecular flexibility index (Phi) is 6.55. The summed E-state index contributed by atoms with van der Waals surface area (Å²) in [5.74, 6) is 0.310. The second-order valence-corrected chi connectivity index (χ2v) is 10.1. The van der Waals surface area contributed by atoms with Crippen LogP contribution in [0.3, 0.4) is 0 Å². The molecule has 1 saturated carbocycles. The first-order valence-corrected chi connectivity index (χ1v) is 13.0. The van der Waals surface area contributed by atoms with Gasteiger partial charge in [0.15, 0.2) is 0 Å². The van der Waals surface area contributed by atoms with Gasteiger partial charge in [0.2, 0.25) is 11.9 Å². The SMILES string of the molecule is COc1ccc2nc(-c3ccc(F)c(C(F)(F)F)c3)n(-c3ccnc(N[C@H]4CCCN(C(=O)C5CC5)C4)n3)c2c1. The molecule has 1 saturated heterocycles. The zero-order valence-corrected chi connectivity index (χ0v) is 21.6. The number of fused-ring (bicyclic) bond motifs is 1. The zero-order valence-electron chi connectivity index (χ0n) is 21.6. The maximum atomic E-state index is 14.1. The van der Waals surface area contributed by atoms with E-state index < -0.39 is 17.6 Å². The molecule has 208 valence electrons. The molecule has 2 aromatic heterocycles. The molecule has 2 aliphatic rings. The van der Waals surface area contributed by atoms with E-state index in [0.717, 1.165) is 44.4 Å². The van der Waals surface area contributed by atoms with Crippen LogP contribution in [0.1, 0.15) is 31.2 Å². The highest BCUT2D eigenvalue weighted by Crippen LogP contribution is 2.36. The number of amides is 1. The topological polar surface area (TPSA) is 85.2 Å². The summed E-state index contributed by atoms with van der Waals surface area (Å²) >= 11 is 0. The first-order valence-electron chi connectivity index (χ1n) is 13.0. The maximum absolute atomic E-state index is 14.1. The molecule has 1 atom stereocenters. The predicted octanol–water partition coefficient (Wildman–Crippen LogP) is 5.46. The third kappa shape index (κ3) is 5.05. The Morgan fingerprint density at radius 1 is 1.07 bits per heavy atom. The second-order valence-electron chi connectivity index (χ2n) is 10.1. The highest BCUT2D eigenvalue weighted by atomic mass is 19.4. The van der Waals surface area contributed by atoms with Gasteiger partial charge in [0.1, 0.15) is 23.2 Å². The molecule has 0 radical (unpaired) electrons. The number of nitrogens with one attached hydrogen (secondary N) is 1. The molecular formula is C28H26F4N6O2. The number of imidazole rings is 1. The van der Waals surface area contributed by atoms with Gasteiger partial charge in [-0.05, 0) is 62.1 Å². The van der Waals surface area contributed by atoms with Crippen molar-refractivity contribution in [2.24, 2.45) is 5.92 Å². The fraction of sp³-hybridized carbons (Fsp3) is 0.357. The van der Waals surface area contributed by atoms with Crippen LogP contribution < -0.4 is 10.1 Å². The monoisotopic (exact) mass is 554 g/mol. The summed E-state index contributed by atoms with van der Waals surface area (Å²) in [6, 6.07) is 9.46. The number of nitrogens with zero attached hydrogens (tertiary/aromatic N) is 5. The van der Waals surface area contributed by atoms with E-state index in [1.807, 2.05) is 4.90 Å². The fourth-order valence-electron chi connectivity index (χ4n) is 5.10. The number of halogens is 4. The molecule has 1 N–H and O–H groups in total. The fourth-order valence-corrected chi connectivity index (χ4v) is 5.10. The first kappa shape index (κ1) is 26.0. The number of anilines is 1.